The zero-order valence-electron chi connectivity index (χ0n) is 11.2. The largest absolute Gasteiger partial charge is 0.454 e. The summed E-state index contributed by atoms with van der Waals surface area (Å²) in [4.78, 5) is 0. The maximum absolute atomic E-state index is 5.38. The van der Waals surface area contributed by atoms with Crippen LogP contribution in [0.4, 0.5) is 5.69 Å². The molecule has 0 atom stereocenters. The summed E-state index contributed by atoms with van der Waals surface area (Å²) in [6.45, 7) is 5.42. The van der Waals surface area contributed by atoms with Crippen molar-refractivity contribution in [3.05, 3.63) is 53.1 Å². The molecule has 0 fully saturated rings. The molecule has 2 aromatic rings. The summed E-state index contributed by atoms with van der Waals surface area (Å²) >= 11 is 0. The summed E-state index contributed by atoms with van der Waals surface area (Å²) in [6, 6.07) is 12.3. The molecule has 0 aliphatic carbocycles. The predicted molar refractivity (Wildman–Crippen MR) is 75.8 cm³/mol. The molecular formula is C16H17NO2. The minimum Gasteiger partial charge on any atom is -0.454 e. The highest BCUT2D eigenvalue weighted by molar-refractivity contribution is 5.56. The number of hydrogen-bond donors (Lipinski definition) is 1. The normalized spacial score (nSPS) is 12.5. The van der Waals surface area contributed by atoms with Gasteiger partial charge in [-0.2, -0.15) is 0 Å². The van der Waals surface area contributed by atoms with E-state index in [2.05, 4.69) is 37.4 Å². The lowest BCUT2D eigenvalue weighted by atomic mass is 10.0. The number of aryl methyl sites for hydroxylation is 2. The van der Waals surface area contributed by atoms with Gasteiger partial charge in [-0.3, -0.25) is 0 Å². The van der Waals surface area contributed by atoms with Gasteiger partial charge in [0.2, 0.25) is 6.79 Å². The fourth-order valence-electron chi connectivity index (χ4n) is 2.32. The van der Waals surface area contributed by atoms with Gasteiger partial charge >= 0.3 is 0 Å². The lowest BCUT2D eigenvalue weighted by Gasteiger charge is -2.12. The minimum atomic E-state index is 0.315. The molecule has 0 aromatic heterocycles. The molecule has 1 heterocycles. The first-order valence-corrected chi connectivity index (χ1v) is 6.42. The van der Waals surface area contributed by atoms with Crippen LogP contribution in [0.5, 0.6) is 11.5 Å². The third-order valence-corrected chi connectivity index (χ3v) is 3.49. The van der Waals surface area contributed by atoms with Crippen LogP contribution in [0.1, 0.15) is 16.7 Å². The Balaban J connectivity index is 1.76. The summed E-state index contributed by atoms with van der Waals surface area (Å²) in [5, 5.41) is 3.44. The van der Waals surface area contributed by atoms with E-state index in [1.807, 2.05) is 18.2 Å². The highest BCUT2D eigenvalue weighted by atomic mass is 16.7. The van der Waals surface area contributed by atoms with Crippen LogP contribution in [0.3, 0.4) is 0 Å². The summed E-state index contributed by atoms with van der Waals surface area (Å²) in [7, 11) is 0. The molecule has 1 aliphatic rings. The second-order valence-corrected chi connectivity index (χ2v) is 4.79. The summed E-state index contributed by atoms with van der Waals surface area (Å²) in [5.41, 5.74) is 5.02. The fraction of sp³-hybridized carbons (Fsp3) is 0.250. The Morgan fingerprint density at radius 3 is 2.53 bits per heavy atom. The first kappa shape index (κ1) is 11.9. The number of nitrogens with one attached hydrogen (secondary N) is 1. The van der Waals surface area contributed by atoms with Crippen LogP contribution >= 0.6 is 0 Å². The summed E-state index contributed by atoms with van der Waals surface area (Å²) < 4.78 is 10.7. The van der Waals surface area contributed by atoms with Gasteiger partial charge in [0.1, 0.15) is 0 Å². The van der Waals surface area contributed by atoms with Crippen molar-refractivity contribution in [2.45, 2.75) is 20.4 Å². The van der Waals surface area contributed by atoms with Crippen LogP contribution in [0.2, 0.25) is 0 Å². The van der Waals surface area contributed by atoms with E-state index in [-0.39, 0.29) is 0 Å². The lowest BCUT2D eigenvalue weighted by Crippen LogP contribution is -2.03. The van der Waals surface area contributed by atoms with Gasteiger partial charge < -0.3 is 14.8 Å². The second-order valence-electron chi connectivity index (χ2n) is 4.79. The minimum absolute atomic E-state index is 0.315. The van der Waals surface area contributed by atoms with Crippen LogP contribution in [-0.4, -0.2) is 6.79 Å². The van der Waals surface area contributed by atoms with Crippen molar-refractivity contribution in [3.63, 3.8) is 0 Å². The maximum atomic E-state index is 5.38. The molecule has 0 saturated heterocycles. The van der Waals surface area contributed by atoms with Crippen LogP contribution in [0, 0.1) is 13.8 Å². The van der Waals surface area contributed by atoms with Gasteiger partial charge in [0.05, 0.1) is 0 Å². The number of ether oxygens (including phenoxy) is 2. The zero-order valence-corrected chi connectivity index (χ0v) is 11.2. The first-order chi connectivity index (χ1) is 9.24. The molecule has 0 spiro atoms. The summed E-state index contributed by atoms with van der Waals surface area (Å²) in [5.74, 6) is 1.63. The van der Waals surface area contributed by atoms with Crippen molar-refractivity contribution in [1.29, 1.82) is 0 Å². The Kier molecular flexibility index (Phi) is 3.03. The molecule has 0 saturated carbocycles. The van der Waals surface area contributed by atoms with Crippen molar-refractivity contribution >= 4 is 5.69 Å². The number of hydrogen-bond acceptors (Lipinski definition) is 3. The number of benzene rings is 2. The third kappa shape index (κ3) is 2.36. The number of rotatable bonds is 3. The highest BCUT2D eigenvalue weighted by Crippen LogP contribution is 2.34. The van der Waals surface area contributed by atoms with E-state index >= 15 is 0 Å². The van der Waals surface area contributed by atoms with E-state index in [4.69, 9.17) is 9.47 Å². The van der Waals surface area contributed by atoms with E-state index in [1.54, 1.807) is 0 Å². The first-order valence-electron chi connectivity index (χ1n) is 6.42. The van der Waals surface area contributed by atoms with Gasteiger partial charge in [0, 0.05) is 18.3 Å². The van der Waals surface area contributed by atoms with Crippen molar-refractivity contribution in [2.75, 3.05) is 12.1 Å². The van der Waals surface area contributed by atoms with E-state index in [1.165, 1.54) is 16.7 Å². The SMILES string of the molecule is Cc1cccc(C)c1CNc1ccc2c(c1)OCO2. The van der Waals surface area contributed by atoms with Crippen LogP contribution < -0.4 is 14.8 Å². The van der Waals surface area contributed by atoms with Crippen LogP contribution in [0.25, 0.3) is 0 Å². The summed E-state index contributed by atoms with van der Waals surface area (Å²) in [6.07, 6.45) is 0. The standard InChI is InChI=1S/C16H17NO2/c1-11-4-3-5-12(2)14(11)9-17-13-6-7-15-16(8-13)19-10-18-15/h3-8,17H,9-10H2,1-2H3. The topological polar surface area (TPSA) is 30.5 Å². The van der Waals surface area contributed by atoms with E-state index < -0.39 is 0 Å². The number of anilines is 1. The molecule has 3 heteroatoms. The Morgan fingerprint density at radius 2 is 1.74 bits per heavy atom. The molecule has 0 radical (unpaired) electrons. The van der Waals surface area contributed by atoms with Gasteiger partial charge in [0.15, 0.2) is 11.5 Å². The average Bonchev–Trinajstić information content (AvgIpc) is 2.85. The lowest BCUT2D eigenvalue weighted by molar-refractivity contribution is 0.174. The van der Waals surface area contributed by atoms with Gasteiger partial charge in [-0.15, -0.1) is 0 Å². The van der Waals surface area contributed by atoms with Crippen molar-refractivity contribution < 1.29 is 9.47 Å². The van der Waals surface area contributed by atoms with E-state index in [9.17, 15) is 0 Å². The molecule has 98 valence electrons. The van der Waals surface area contributed by atoms with E-state index in [0.717, 1.165) is 23.7 Å². The maximum Gasteiger partial charge on any atom is 0.231 e. The second kappa shape index (κ2) is 4.84. The molecule has 0 unspecified atom stereocenters. The number of fused-ring (bicyclic) bond motifs is 1. The quantitative estimate of drug-likeness (QED) is 0.908. The molecular weight excluding hydrogens is 238 g/mol. The van der Waals surface area contributed by atoms with Crippen molar-refractivity contribution in [2.24, 2.45) is 0 Å². The molecule has 19 heavy (non-hydrogen) atoms. The van der Waals surface area contributed by atoms with Crippen molar-refractivity contribution in [1.82, 2.24) is 0 Å². The Bertz CT molecular complexity index is 587. The molecule has 0 amide bonds. The third-order valence-electron chi connectivity index (χ3n) is 3.49. The molecule has 1 aliphatic heterocycles. The monoisotopic (exact) mass is 255 g/mol. The fourth-order valence-corrected chi connectivity index (χ4v) is 2.32. The van der Waals surface area contributed by atoms with Crippen LogP contribution in [-0.2, 0) is 6.54 Å². The van der Waals surface area contributed by atoms with Gasteiger partial charge in [0.25, 0.3) is 0 Å². The average molecular weight is 255 g/mol. The molecule has 3 nitrogen and oxygen atoms in total. The zero-order chi connectivity index (χ0) is 13.2. The molecule has 3 rings (SSSR count). The van der Waals surface area contributed by atoms with Gasteiger partial charge in [-0.25, -0.2) is 0 Å². The van der Waals surface area contributed by atoms with Crippen LogP contribution in [0.15, 0.2) is 36.4 Å². The molecule has 0 bridgehead atoms. The Labute approximate surface area is 113 Å². The smallest absolute Gasteiger partial charge is 0.231 e. The van der Waals surface area contributed by atoms with Gasteiger partial charge in [-0.05, 0) is 42.7 Å². The van der Waals surface area contributed by atoms with E-state index in [0.29, 0.717) is 6.79 Å². The Hall–Kier alpha value is -2.16. The predicted octanol–water partition coefficient (Wildman–Crippen LogP) is 3.64. The Morgan fingerprint density at radius 1 is 1.00 bits per heavy atom. The van der Waals surface area contributed by atoms with Crippen molar-refractivity contribution in [3.8, 4) is 11.5 Å². The van der Waals surface area contributed by atoms with Gasteiger partial charge in [-0.1, -0.05) is 18.2 Å². The highest BCUT2D eigenvalue weighted by Gasteiger charge is 2.13. The molecule has 2 aromatic carbocycles. The molecule has 1 N–H and O–H groups in total.